The van der Waals surface area contributed by atoms with Crippen LogP contribution in [-0.2, 0) is 6.61 Å². The van der Waals surface area contributed by atoms with E-state index < -0.39 is 4.92 Å². The van der Waals surface area contributed by atoms with Crippen molar-refractivity contribution in [3.63, 3.8) is 0 Å². The number of fused-ring (bicyclic) bond motifs is 1. The zero-order chi connectivity index (χ0) is 19.3. The summed E-state index contributed by atoms with van der Waals surface area (Å²) < 4.78 is 5.93. The summed E-state index contributed by atoms with van der Waals surface area (Å²) in [7, 11) is 0. The van der Waals surface area contributed by atoms with Gasteiger partial charge in [0.05, 0.1) is 16.1 Å². The minimum absolute atomic E-state index is 0.0679. The number of non-ortho nitro benzene ring substituents is 1. The van der Waals surface area contributed by atoms with Crippen molar-refractivity contribution in [1.29, 1.82) is 0 Å². The molecule has 3 aromatic carbocycles. The fourth-order valence-electron chi connectivity index (χ4n) is 2.91. The van der Waals surface area contributed by atoms with E-state index in [0.29, 0.717) is 6.61 Å². The number of hydrogen-bond acceptors (Lipinski definition) is 4. The molecule has 0 bridgehead atoms. The van der Waals surface area contributed by atoms with Gasteiger partial charge in [0.15, 0.2) is 0 Å². The monoisotopic (exact) mass is 371 g/mol. The van der Waals surface area contributed by atoms with E-state index >= 15 is 0 Å². The quantitative estimate of drug-likeness (QED) is 0.372. The van der Waals surface area contributed by atoms with Crippen molar-refractivity contribution in [3.8, 4) is 5.75 Å². The van der Waals surface area contributed by atoms with Gasteiger partial charge in [0, 0.05) is 23.1 Å². The van der Waals surface area contributed by atoms with Crippen LogP contribution in [0.2, 0.25) is 0 Å². The van der Waals surface area contributed by atoms with E-state index in [1.54, 1.807) is 12.1 Å². The summed E-state index contributed by atoms with van der Waals surface area (Å²) in [6.07, 6.45) is 3.92. The van der Waals surface area contributed by atoms with E-state index in [1.807, 2.05) is 60.7 Å². The fraction of sp³-hybridized carbons (Fsp3) is 0.0455. The highest BCUT2D eigenvalue weighted by molar-refractivity contribution is 5.89. The maximum absolute atomic E-state index is 10.7. The van der Waals surface area contributed by atoms with Crippen LogP contribution in [0.1, 0.15) is 16.8 Å². The minimum atomic E-state index is -0.413. The van der Waals surface area contributed by atoms with Crippen molar-refractivity contribution in [2.75, 3.05) is 0 Å². The van der Waals surface area contributed by atoms with E-state index in [2.05, 4.69) is 10.2 Å². The fourth-order valence-corrected chi connectivity index (χ4v) is 2.91. The molecule has 0 aliphatic heterocycles. The van der Waals surface area contributed by atoms with E-state index in [-0.39, 0.29) is 5.69 Å². The molecule has 0 radical (unpaired) electrons. The highest BCUT2D eigenvalue weighted by atomic mass is 16.6. The molecule has 6 nitrogen and oxygen atoms in total. The summed E-state index contributed by atoms with van der Waals surface area (Å²) >= 11 is 0. The van der Waals surface area contributed by atoms with Gasteiger partial charge in [-0.2, -0.15) is 5.10 Å². The molecule has 6 heteroatoms. The number of H-pyrrole nitrogens is 1. The molecule has 4 aromatic rings. The maximum atomic E-state index is 10.7. The molecule has 0 saturated carbocycles. The largest absolute Gasteiger partial charge is 0.488 e. The first-order valence-corrected chi connectivity index (χ1v) is 8.77. The number of ether oxygens (including phenoxy) is 1. The van der Waals surface area contributed by atoms with Crippen LogP contribution in [0.15, 0.2) is 72.8 Å². The summed E-state index contributed by atoms with van der Waals surface area (Å²) in [6.45, 7) is 0.328. The van der Waals surface area contributed by atoms with Gasteiger partial charge in [-0.3, -0.25) is 15.2 Å². The topological polar surface area (TPSA) is 81.1 Å². The van der Waals surface area contributed by atoms with Crippen LogP contribution in [0.4, 0.5) is 5.69 Å². The number of para-hydroxylation sites is 2. The average molecular weight is 371 g/mol. The first kappa shape index (κ1) is 17.5. The SMILES string of the molecule is O=[N+]([O-])c1ccc(COc2ccccc2C=Cc2n[nH]c3ccccc23)cc1. The molecular weight excluding hydrogens is 354 g/mol. The molecular formula is C22H17N3O3. The van der Waals surface area contributed by atoms with Crippen LogP contribution in [0.3, 0.4) is 0 Å². The summed E-state index contributed by atoms with van der Waals surface area (Å²) in [5, 5.41) is 19.2. The van der Waals surface area contributed by atoms with Crippen molar-refractivity contribution in [3.05, 3.63) is 99.7 Å². The summed E-state index contributed by atoms with van der Waals surface area (Å²) in [5.74, 6) is 0.733. The molecule has 0 unspecified atom stereocenters. The van der Waals surface area contributed by atoms with Crippen molar-refractivity contribution in [2.24, 2.45) is 0 Å². The summed E-state index contributed by atoms with van der Waals surface area (Å²) in [5.41, 5.74) is 3.71. The molecule has 0 spiro atoms. The number of rotatable bonds is 6. The highest BCUT2D eigenvalue weighted by Gasteiger charge is 2.06. The summed E-state index contributed by atoms with van der Waals surface area (Å²) in [4.78, 5) is 10.3. The first-order valence-electron chi connectivity index (χ1n) is 8.77. The molecule has 0 amide bonds. The second-order valence-electron chi connectivity index (χ2n) is 6.24. The molecule has 138 valence electrons. The number of nitro benzene ring substituents is 1. The molecule has 0 atom stereocenters. The molecule has 0 fully saturated rings. The Balaban J connectivity index is 1.51. The number of aromatic amines is 1. The normalized spacial score (nSPS) is 11.1. The van der Waals surface area contributed by atoms with E-state index in [9.17, 15) is 10.1 Å². The van der Waals surface area contributed by atoms with Crippen LogP contribution < -0.4 is 4.74 Å². The molecule has 0 aliphatic carbocycles. The van der Waals surface area contributed by atoms with Crippen LogP contribution in [-0.4, -0.2) is 15.1 Å². The van der Waals surface area contributed by atoms with Crippen molar-refractivity contribution in [2.45, 2.75) is 6.61 Å². The molecule has 0 saturated heterocycles. The van der Waals surface area contributed by atoms with Gasteiger partial charge in [-0.1, -0.05) is 36.4 Å². The van der Waals surface area contributed by atoms with E-state index in [0.717, 1.165) is 33.5 Å². The maximum Gasteiger partial charge on any atom is 0.269 e. The molecule has 0 aliphatic rings. The number of nitrogens with zero attached hydrogens (tertiary/aromatic N) is 2. The first-order chi connectivity index (χ1) is 13.7. The van der Waals surface area contributed by atoms with Crippen molar-refractivity contribution < 1.29 is 9.66 Å². The Morgan fingerprint density at radius 3 is 2.54 bits per heavy atom. The number of hydrogen-bond donors (Lipinski definition) is 1. The van der Waals surface area contributed by atoms with Crippen LogP contribution in [0.25, 0.3) is 23.1 Å². The molecule has 1 heterocycles. The Morgan fingerprint density at radius 1 is 0.964 bits per heavy atom. The lowest BCUT2D eigenvalue weighted by atomic mass is 10.1. The molecule has 4 rings (SSSR count). The number of nitrogens with one attached hydrogen (secondary N) is 1. The van der Waals surface area contributed by atoms with Gasteiger partial charge in [0.1, 0.15) is 12.4 Å². The smallest absolute Gasteiger partial charge is 0.269 e. The van der Waals surface area contributed by atoms with Gasteiger partial charge in [-0.15, -0.1) is 0 Å². The summed E-state index contributed by atoms with van der Waals surface area (Å²) in [6, 6.07) is 22.0. The Labute approximate surface area is 161 Å². The molecule has 28 heavy (non-hydrogen) atoms. The van der Waals surface area contributed by atoms with Gasteiger partial charge in [0.2, 0.25) is 0 Å². The van der Waals surface area contributed by atoms with E-state index in [1.165, 1.54) is 12.1 Å². The second kappa shape index (κ2) is 7.75. The standard InChI is InChI=1S/C22H17N3O3/c26-25(27)18-12-9-16(10-13-18)15-28-22-8-4-1-5-17(22)11-14-21-19-6-2-3-7-20(19)23-24-21/h1-14H,15H2,(H,23,24). The lowest BCUT2D eigenvalue weighted by Gasteiger charge is -2.09. The zero-order valence-corrected chi connectivity index (χ0v) is 14.9. The van der Waals surface area contributed by atoms with Crippen LogP contribution >= 0.6 is 0 Å². The lowest BCUT2D eigenvalue weighted by molar-refractivity contribution is -0.384. The van der Waals surface area contributed by atoms with Gasteiger partial charge < -0.3 is 4.74 Å². The minimum Gasteiger partial charge on any atom is -0.488 e. The third-order valence-corrected chi connectivity index (χ3v) is 4.38. The van der Waals surface area contributed by atoms with E-state index in [4.69, 9.17) is 4.74 Å². The third-order valence-electron chi connectivity index (χ3n) is 4.38. The van der Waals surface area contributed by atoms with Crippen LogP contribution in [0, 0.1) is 10.1 Å². The predicted molar refractivity (Wildman–Crippen MR) is 109 cm³/mol. The lowest BCUT2D eigenvalue weighted by Crippen LogP contribution is -1.97. The van der Waals surface area contributed by atoms with Crippen molar-refractivity contribution >= 4 is 28.7 Å². The average Bonchev–Trinajstić information content (AvgIpc) is 3.15. The number of benzene rings is 3. The Morgan fingerprint density at radius 2 is 1.71 bits per heavy atom. The predicted octanol–water partition coefficient (Wildman–Crippen LogP) is 5.22. The van der Waals surface area contributed by atoms with Crippen LogP contribution in [0.5, 0.6) is 5.75 Å². The van der Waals surface area contributed by atoms with Crippen molar-refractivity contribution in [1.82, 2.24) is 10.2 Å². The molecule has 1 N–H and O–H groups in total. The third kappa shape index (κ3) is 3.76. The number of aromatic nitrogens is 2. The van der Waals surface area contributed by atoms with Gasteiger partial charge >= 0.3 is 0 Å². The molecule has 1 aromatic heterocycles. The zero-order valence-electron chi connectivity index (χ0n) is 14.9. The second-order valence-corrected chi connectivity index (χ2v) is 6.24. The number of nitro groups is 1. The highest BCUT2D eigenvalue weighted by Crippen LogP contribution is 2.24. The Hall–Kier alpha value is -3.93. The Kier molecular flexibility index (Phi) is 4.84. The van der Waals surface area contributed by atoms with Gasteiger partial charge in [-0.25, -0.2) is 0 Å². The van der Waals surface area contributed by atoms with Gasteiger partial charge in [-0.05, 0) is 42.0 Å². The Bertz CT molecular complexity index is 1150. The van der Waals surface area contributed by atoms with Gasteiger partial charge in [0.25, 0.3) is 5.69 Å².